The maximum absolute atomic E-state index is 6.56. The second kappa shape index (κ2) is 19.1. The summed E-state index contributed by atoms with van der Waals surface area (Å²) in [7, 11) is 0. The molecule has 0 radical (unpaired) electrons. The van der Waals surface area contributed by atoms with Crippen LogP contribution in [-0.2, 0) is 16.2 Å². The van der Waals surface area contributed by atoms with Gasteiger partial charge in [-0.2, -0.15) is 0 Å². The van der Waals surface area contributed by atoms with Gasteiger partial charge in [-0.25, -0.2) is 0 Å². The Morgan fingerprint density at radius 1 is 0.443 bits per heavy atom. The lowest BCUT2D eigenvalue weighted by Crippen LogP contribution is -2.61. The summed E-state index contributed by atoms with van der Waals surface area (Å²) in [6.45, 7) is 20.3. The van der Waals surface area contributed by atoms with Gasteiger partial charge in [0.2, 0.25) is 0 Å². The van der Waals surface area contributed by atoms with Crippen LogP contribution >= 0.6 is 0 Å². The van der Waals surface area contributed by atoms with Crippen LogP contribution in [0.3, 0.4) is 0 Å². The molecule has 0 spiro atoms. The second-order valence-corrected chi connectivity index (χ2v) is 27.0. The van der Waals surface area contributed by atoms with Crippen molar-refractivity contribution in [2.24, 2.45) is 0 Å². The fourth-order valence-electron chi connectivity index (χ4n) is 14.7. The van der Waals surface area contributed by atoms with Gasteiger partial charge in [-0.3, -0.25) is 0 Å². The smallest absolute Gasteiger partial charge is 0.252 e. The predicted molar refractivity (Wildman–Crippen MR) is 362 cm³/mol. The molecule has 0 fully saturated rings. The monoisotopic (exact) mass is 1150 g/mol. The number of hydrogen-bond acceptors (Lipinski definition) is 8. The molecule has 0 saturated heterocycles. The highest BCUT2D eigenvalue weighted by molar-refractivity contribution is 7.00. The normalized spacial score (nSPS) is 15.0. The zero-order chi connectivity index (χ0) is 59.5. The molecule has 1 aromatic heterocycles. The Labute approximate surface area is 514 Å². The Bertz CT molecular complexity index is 4880. The summed E-state index contributed by atoms with van der Waals surface area (Å²) in [5.41, 5.74) is 22.2. The van der Waals surface area contributed by atoms with Crippen LogP contribution in [0.15, 0.2) is 211 Å². The number of benzene rings is 11. The molecule has 88 heavy (non-hydrogen) atoms. The maximum atomic E-state index is 6.56. The first kappa shape index (κ1) is 52.5. The van der Waals surface area contributed by atoms with Crippen molar-refractivity contribution in [3.05, 3.63) is 229 Å². The lowest BCUT2D eigenvalue weighted by atomic mass is 9.33. The molecule has 5 heterocycles. The minimum absolute atomic E-state index is 0.0488. The van der Waals surface area contributed by atoms with E-state index in [0.717, 1.165) is 112 Å². The van der Waals surface area contributed by atoms with E-state index in [2.05, 4.69) is 264 Å². The van der Waals surface area contributed by atoms with E-state index < -0.39 is 0 Å². The molecular weight excluding hydrogens is 1080 g/mol. The number of nitrogens with zero attached hydrogens (tertiary/aromatic N) is 3. The minimum Gasteiger partial charge on any atom is -0.486 e. The van der Waals surface area contributed by atoms with E-state index in [-0.39, 0.29) is 23.0 Å². The van der Waals surface area contributed by atoms with Gasteiger partial charge in [-0.15, -0.1) is 0 Å². The van der Waals surface area contributed by atoms with Crippen molar-refractivity contribution >= 4 is 107 Å². The molecule has 11 aromatic carbocycles. The SMILES string of the molecule is CC(C)(C)c1ccc(N2c3ccc(C(C)(C)C)cc3B3c4cc5c(cc4N(c4ccc6c(c4)OCCO6)c4cc(N(c6ccc7cc(-c8cc9ccccc9o8)ccc7c6)c6cc7c(c8ccccc68)-c6ccccc6C7(C)C)cc2c43)OCCO5)cc1. The average molecular weight is 1150 g/mol. The summed E-state index contributed by atoms with van der Waals surface area (Å²) in [6, 6.07) is 76.9. The number of fused-ring (bicyclic) bond motifs is 13. The molecule has 0 N–H and O–H groups in total. The Morgan fingerprint density at radius 2 is 1.07 bits per heavy atom. The van der Waals surface area contributed by atoms with Crippen LogP contribution in [0.4, 0.5) is 51.2 Å². The summed E-state index contributed by atoms with van der Waals surface area (Å²) >= 11 is 0. The van der Waals surface area contributed by atoms with Crippen molar-refractivity contribution in [1.82, 2.24) is 0 Å². The van der Waals surface area contributed by atoms with Gasteiger partial charge in [0, 0.05) is 68.0 Å². The van der Waals surface area contributed by atoms with Crippen molar-refractivity contribution in [3.8, 4) is 45.4 Å². The molecular formula is C79H66BN3O5. The zero-order valence-corrected chi connectivity index (χ0v) is 50.9. The molecule has 0 saturated carbocycles. The molecule has 1 aliphatic carbocycles. The predicted octanol–water partition coefficient (Wildman–Crippen LogP) is 18.4. The summed E-state index contributed by atoms with van der Waals surface area (Å²) in [6.07, 6.45) is 0. The standard InChI is InChI=1S/C79H66BN3O5/c1-77(2,3)51-24-28-53(29-25-51)82-64-31-26-52(78(4,5)6)40-62(64)80-63-45-73-74(87-36-35-86-73)46-66(63)83(55-30-32-70-72(43-55)85-34-33-84-70)68-42-56(41-67(82)76(68)80)81(54-27-23-47-37-50(22-21-48(47)38-54)71-39-49-15-9-14-20-69(49)88-71)65-44-61-75(58-17-11-10-16-57(58)65)59-18-12-13-19-60(59)79(61,7)8/h9-32,37-46H,33-36H2,1-8H3. The molecule has 4 aliphatic heterocycles. The van der Waals surface area contributed by atoms with Crippen molar-refractivity contribution in [2.75, 3.05) is 41.1 Å². The first-order valence-electron chi connectivity index (χ1n) is 31.0. The third-order valence-electron chi connectivity index (χ3n) is 19.2. The third kappa shape index (κ3) is 8.05. The quantitative estimate of drug-likeness (QED) is 0.153. The molecule has 0 amide bonds. The molecule has 8 nitrogen and oxygen atoms in total. The molecule has 9 heteroatoms. The summed E-state index contributed by atoms with van der Waals surface area (Å²) in [5, 5.41) is 5.70. The van der Waals surface area contributed by atoms with Crippen LogP contribution in [-0.4, -0.2) is 33.1 Å². The number of furan rings is 1. The Morgan fingerprint density at radius 3 is 1.83 bits per heavy atom. The average Bonchev–Trinajstić information content (AvgIpc) is 0.829. The van der Waals surface area contributed by atoms with Gasteiger partial charge in [0.25, 0.3) is 6.71 Å². The van der Waals surface area contributed by atoms with Crippen molar-refractivity contribution in [2.45, 2.75) is 71.6 Å². The van der Waals surface area contributed by atoms with E-state index in [4.69, 9.17) is 23.4 Å². The molecule has 0 atom stereocenters. The van der Waals surface area contributed by atoms with Crippen LogP contribution in [0, 0.1) is 0 Å². The van der Waals surface area contributed by atoms with Crippen molar-refractivity contribution in [3.63, 3.8) is 0 Å². The Kier molecular flexibility index (Phi) is 11.4. The number of rotatable bonds is 6. The number of ether oxygens (including phenoxy) is 4. The van der Waals surface area contributed by atoms with Crippen LogP contribution in [0.2, 0.25) is 0 Å². The molecule has 12 aromatic rings. The first-order valence-corrected chi connectivity index (χ1v) is 31.0. The second-order valence-electron chi connectivity index (χ2n) is 27.0. The fraction of sp³-hybridized carbons (Fsp3) is 0.190. The molecule has 5 aliphatic rings. The number of hydrogen-bond donors (Lipinski definition) is 0. The van der Waals surface area contributed by atoms with Gasteiger partial charge < -0.3 is 38.1 Å². The molecule has 0 bridgehead atoms. The minimum atomic E-state index is -0.294. The maximum Gasteiger partial charge on any atom is 0.252 e. The zero-order valence-electron chi connectivity index (χ0n) is 50.9. The molecule has 17 rings (SSSR count). The van der Waals surface area contributed by atoms with Gasteiger partial charge in [-0.05, 0) is 162 Å². The highest BCUT2D eigenvalue weighted by Gasteiger charge is 2.46. The van der Waals surface area contributed by atoms with Gasteiger partial charge >= 0.3 is 0 Å². The van der Waals surface area contributed by atoms with E-state index >= 15 is 0 Å². The van der Waals surface area contributed by atoms with Crippen LogP contribution < -0.4 is 50.0 Å². The number of anilines is 9. The van der Waals surface area contributed by atoms with Gasteiger partial charge in [0.1, 0.15) is 37.8 Å². The van der Waals surface area contributed by atoms with Crippen molar-refractivity contribution in [1.29, 1.82) is 0 Å². The number of para-hydroxylation sites is 1. The highest BCUT2D eigenvalue weighted by atomic mass is 16.6. The lowest BCUT2D eigenvalue weighted by molar-refractivity contribution is 0.171. The van der Waals surface area contributed by atoms with Gasteiger partial charge in [0.05, 0.1) is 17.1 Å². The van der Waals surface area contributed by atoms with Crippen LogP contribution in [0.25, 0.3) is 55.0 Å². The van der Waals surface area contributed by atoms with E-state index in [1.165, 1.54) is 49.7 Å². The Hall–Kier alpha value is -9.86. The van der Waals surface area contributed by atoms with Crippen LogP contribution in [0.5, 0.6) is 23.0 Å². The Balaban J connectivity index is 0.984. The summed E-state index contributed by atoms with van der Waals surface area (Å²) in [5.74, 6) is 3.77. The van der Waals surface area contributed by atoms with E-state index in [9.17, 15) is 0 Å². The van der Waals surface area contributed by atoms with Gasteiger partial charge in [0.15, 0.2) is 23.0 Å². The fourth-order valence-corrected chi connectivity index (χ4v) is 14.7. The highest BCUT2D eigenvalue weighted by Crippen LogP contribution is 2.57. The molecule has 0 unspecified atom stereocenters. The van der Waals surface area contributed by atoms with Gasteiger partial charge in [-0.1, -0.05) is 165 Å². The third-order valence-corrected chi connectivity index (χ3v) is 19.2. The lowest BCUT2D eigenvalue weighted by Gasteiger charge is -2.45. The summed E-state index contributed by atoms with van der Waals surface area (Å²) < 4.78 is 32.3. The van der Waals surface area contributed by atoms with Crippen LogP contribution in [0.1, 0.15) is 77.6 Å². The van der Waals surface area contributed by atoms with E-state index in [1.54, 1.807) is 0 Å². The first-order chi connectivity index (χ1) is 42.6. The molecule has 430 valence electrons. The van der Waals surface area contributed by atoms with E-state index in [0.29, 0.717) is 32.2 Å². The topological polar surface area (TPSA) is 59.8 Å². The van der Waals surface area contributed by atoms with E-state index in [1.807, 2.05) is 12.1 Å². The van der Waals surface area contributed by atoms with Crippen molar-refractivity contribution < 1.29 is 23.4 Å². The largest absolute Gasteiger partial charge is 0.486 e. The summed E-state index contributed by atoms with van der Waals surface area (Å²) in [4.78, 5) is 7.53.